The van der Waals surface area contributed by atoms with Crippen LogP contribution in [0.1, 0.15) is 52.0 Å². The van der Waals surface area contributed by atoms with E-state index in [0.29, 0.717) is 0 Å². The smallest absolute Gasteiger partial charge is 0.00994 e. The zero-order chi connectivity index (χ0) is 17.4. The highest BCUT2D eigenvalue weighted by Gasteiger charge is 2.15. The predicted octanol–water partition coefficient (Wildman–Crippen LogP) is 5.34. The lowest BCUT2D eigenvalue weighted by Crippen LogP contribution is -2.23. The topological polar surface area (TPSA) is 0 Å². The molecule has 0 aliphatic heterocycles. The van der Waals surface area contributed by atoms with Gasteiger partial charge in [0.25, 0.3) is 0 Å². The van der Waals surface area contributed by atoms with Gasteiger partial charge in [0.05, 0.1) is 0 Å². The number of benzene rings is 2. The fraction of sp³-hybridized carbons (Fsp3) is 0.360. The molecule has 2 aliphatic rings. The molecule has 0 radical (unpaired) electrons. The van der Waals surface area contributed by atoms with Crippen LogP contribution in [0.2, 0.25) is 0 Å². The molecule has 0 nitrogen and oxygen atoms in total. The highest BCUT2D eigenvalue weighted by molar-refractivity contribution is 5.78. The summed E-state index contributed by atoms with van der Waals surface area (Å²) in [5.74, 6) is 0.784. The number of rotatable bonds is 2. The quantitative estimate of drug-likeness (QED) is 0.698. The normalized spacial score (nSPS) is 18.9. The molecule has 4 rings (SSSR count). The van der Waals surface area contributed by atoms with E-state index in [1.807, 2.05) is 0 Å². The third-order valence-electron chi connectivity index (χ3n) is 5.66. The SMILES string of the molecule is CC(C)(C)c1ccc(-c2cccc3c2=CC(=CC2CCCC2)C=3)cc1. The van der Waals surface area contributed by atoms with E-state index in [0.717, 1.165) is 5.92 Å². The number of allylic oxidation sites excluding steroid dienone is 2. The van der Waals surface area contributed by atoms with Gasteiger partial charge in [0, 0.05) is 0 Å². The molecule has 2 aliphatic carbocycles. The lowest BCUT2D eigenvalue weighted by molar-refractivity contribution is 0.590. The van der Waals surface area contributed by atoms with E-state index in [1.165, 1.54) is 58.4 Å². The largest absolute Gasteiger partial charge is 0.0741 e. The van der Waals surface area contributed by atoms with Crippen LogP contribution in [-0.4, -0.2) is 0 Å². The first kappa shape index (κ1) is 16.4. The van der Waals surface area contributed by atoms with Gasteiger partial charge in [-0.05, 0) is 69.0 Å². The molecule has 0 N–H and O–H groups in total. The number of hydrogen-bond donors (Lipinski definition) is 0. The van der Waals surface area contributed by atoms with Gasteiger partial charge in [-0.2, -0.15) is 0 Å². The van der Waals surface area contributed by atoms with Crippen LogP contribution in [0.15, 0.2) is 54.1 Å². The minimum atomic E-state index is 0.203. The molecule has 0 heterocycles. The Kier molecular flexibility index (Phi) is 4.15. The monoisotopic (exact) mass is 328 g/mol. The summed E-state index contributed by atoms with van der Waals surface area (Å²) in [6, 6.07) is 15.8. The van der Waals surface area contributed by atoms with Gasteiger partial charge < -0.3 is 0 Å². The summed E-state index contributed by atoms with van der Waals surface area (Å²) in [6.45, 7) is 6.81. The maximum atomic E-state index is 2.50. The Balaban J connectivity index is 1.73. The average Bonchev–Trinajstić information content (AvgIpc) is 3.23. The summed E-state index contributed by atoms with van der Waals surface area (Å²) in [5.41, 5.74) is 5.66. The van der Waals surface area contributed by atoms with E-state index < -0.39 is 0 Å². The summed E-state index contributed by atoms with van der Waals surface area (Å²) >= 11 is 0. The Morgan fingerprint density at radius 1 is 0.880 bits per heavy atom. The Morgan fingerprint density at radius 3 is 2.28 bits per heavy atom. The van der Waals surface area contributed by atoms with Crippen molar-refractivity contribution in [3.05, 3.63) is 70.1 Å². The second-order valence-corrected chi connectivity index (χ2v) is 8.64. The molecule has 2 aromatic carbocycles. The molecular formula is C25H28. The van der Waals surface area contributed by atoms with E-state index in [4.69, 9.17) is 0 Å². The van der Waals surface area contributed by atoms with E-state index >= 15 is 0 Å². The minimum absolute atomic E-state index is 0.203. The second kappa shape index (κ2) is 6.33. The summed E-state index contributed by atoms with van der Waals surface area (Å²) < 4.78 is 0. The molecule has 0 bridgehead atoms. The summed E-state index contributed by atoms with van der Waals surface area (Å²) in [5, 5.41) is 2.75. The molecule has 0 unspecified atom stereocenters. The molecule has 1 fully saturated rings. The van der Waals surface area contributed by atoms with Crippen molar-refractivity contribution in [2.75, 3.05) is 0 Å². The fourth-order valence-corrected chi connectivity index (χ4v) is 4.15. The van der Waals surface area contributed by atoms with Gasteiger partial charge in [-0.1, -0.05) is 82.2 Å². The van der Waals surface area contributed by atoms with Crippen molar-refractivity contribution in [1.29, 1.82) is 0 Å². The lowest BCUT2D eigenvalue weighted by Gasteiger charge is -2.19. The Hall–Kier alpha value is -2.08. The van der Waals surface area contributed by atoms with Gasteiger partial charge in [-0.15, -0.1) is 0 Å². The molecule has 0 atom stereocenters. The third-order valence-corrected chi connectivity index (χ3v) is 5.66. The van der Waals surface area contributed by atoms with E-state index in [9.17, 15) is 0 Å². The van der Waals surface area contributed by atoms with Gasteiger partial charge in [0.15, 0.2) is 0 Å². The second-order valence-electron chi connectivity index (χ2n) is 8.64. The average molecular weight is 328 g/mol. The molecule has 0 aromatic heterocycles. The first-order valence-electron chi connectivity index (χ1n) is 9.66. The van der Waals surface area contributed by atoms with Gasteiger partial charge in [-0.3, -0.25) is 0 Å². The number of hydrogen-bond acceptors (Lipinski definition) is 0. The molecule has 128 valence electrons. The van der Waals surface area contributed by atoms with Crippen LogP contribution in [0.4, 0.5) is 0 Å². The Bertz CT molecular complexity index is 911. The van der Waals surface area contributed by atoms with Gasteiger partial charge >= 0.3 is 0 Å². The summed E-state index contributed by atoms with van der Waals surface area (Å²) in [6.07, 6.45) is 12.8. The minimum Gasteiger partial charge on any atom is -0.0741 e. The molecule has 1 saturated carbocycles. The first-order chi connectivity index (χ1) is 12.0. The van der Waals surface area contributed by atoms with Crippen molar-refractivity contribution in [3.8, 4) is 11.1 Å². The van der Waals surface area contributed by atoms with Gasteiger partial charge in [0.2, 0.25) is 0 Å². The van der Waals surface area contributed by atoms with Gasteiger partial charge in [0.1, 0.15) is 0 Å². The molecule has 25 heavy (non-hydrogen) atoms. The highest BCUT2D eigenvalue weighted by Crippen LogP contribution is 2.28. The van der Waals surface area contributed by atoms with Crippen LogP contribution in [-0.2, 0) is 5.41 Å². The van der Waals surface area contributed by atoms with Crippen molar-refractivity contribution < 1.29 is 0 Å². The van der Waals surface area contributed by atoms with Crippen LogP contribution >= 0.6 is 0 Å². The molecule has 0 saturated heterocycles. The maximum Gasteiger partial charge on any atom is -0.00994 e. The molecule has 2 aromatic rings. The van der Waals surface area contributed by atoms with Crippen LogP contribution in [0.5, 0.6) is 0 Å². The number of fused-ring (bicyclic) bond motifs is 1. The lowest BCUT2D eigenvalue weighted by atomic mass is 9.86. The molecular weight excluding hydrogens is 300 g/mol. The van der Waals surface area contributed by atoms with Crippen LogP contribution in [0.25, 0.3) is 23.3 Å². The third kappa shape index (κ3) is 3.35. The van der Waals surface area contributed by atoms with Crippen LogP contribution in [0.3, 0.4) is 0 Å². The highest BCUT2D eigenvalue weighted by atomic mass is 14.2. The van der Waals surface area contributed by atoms with E-state index in [2.05, 4.69) is 81.5 Å². The van der Waals surface area contributed by atoms with Crippen LogP contribution in [0, 0.1) is 5.92 Å². The standard InChI is InChI=1S/C25H28/c1-25(2,3)22-13-11-20(12-14-22)23-10-6-9-21-16-19(17-24(21)23)15-18-7-4-5-8-18/h6,9-18H,4-5,7-8H2,1-3H3. The van der Waals surface area contributed by atoms with Crippen molar-refractivity contribution in [2.45, 2.75) is 51.9 Å². The van der Waals surface area contributed by atoms with Gasteiger partial charge in [-0.25, -0.2) is 0 Å². The zero-order valence-electron chi connectivity index (χ0n) is 15.7. The fourth-order valence-electron chi connectivity index (χ4n) is 4.15. The molecule has 0 heteroatoms. The Labute approximate surface area is 151 Å². The summed E-state index contributed by atoms with van der Waals surface area (Å²) in [7, 11) is 0. The van der Waals surface area contributed by atoms with Crippen molar-refractivity contribution in [1.82, 2.24) is 0 Å². The summed E-state index contributed by atoms with van der Waals surface area (Å²) in [4.78, 5) is 0. The molecule has 0 spiro atoms. The predicted molar refractivity (Wildman–Crippen MR) is 109 cm³/mol. The maximum absolute atomic E-state index is 2.50. The van der Waals surface area contributed by atoms with Crippen molar-refractivity contribution in [3.63, 3.8) is 0 Å². The van der Waals surface area contributed by atoms with E-state index in [-0.39, 0.29) is 5.41 Å². The zero-order valence-corrected chi connectivity index (χ0v) is 15.7. The first-order valence-corrected chi connectivity index (χ1v) is 9.66. The Morgan fingerprint density at radius 2 is 1.60 bits per heavy atom. The van der Waals surface area contributed by atoms with Crippen molar-refractivity contribution in [2.24, 2.45) is 5.92 Å². The van der Waals surface area contributed by atoms with Crippen molar-refractivity contribution >= 4 is 12.2 Å². The van der Waals surface area contributed by atoms with Crippen LogP contribution < -0.4 is 10.4 Å². The van der Waals surface area contributed by atoms with E-state index in [1.54, 1.807) is 0 Å². The molecule has 0 amide bonds.